The molecule has 0 saturated carbocycles. The Morgan fingerprint density at radius 1 is 0.727 bits per heavy atom. The van der Waals surface area contributed by atoms with E-state index in [4.69, 9.17) is 9.84 Å². The third-order valence-electron chi connectivity index (χ3n) is 6.03. The van der Waals surface area contributed by atoms with E-state index in [0.29, 0.717) is 51.3 Å². The van der Waals surface area contributed by atoms with Crippen LogP contribution in [0.5, 0.6) is 0 Å². The normalized spacial score (nSPS) is 21.8. The number of ether oxygens (including phenoxy) is 2. The number of nitrogens with zero attached hydrogens (tertiary/aromatic N) is 3. The van der Waals surface area contributed by atoms with E-state index in [1.807, 2.05) is 0 Å². The van der Waals surface area contributed by atoms with Crippen molar-refractivity contribution in [1.82, 2.24) is 20.0 Å². The number of aliphatic carboxylic acids is 1. The van der Waals surface area contributed by atoms with E-state index >= 15 is 0 Å². The molecule has 44 heavy (non-hydrogen) atoms. The van der Waals surface area contributed by atoms with E-state index in [9.17, 15) is 14.4 Å². The molecule has 10 heteroatoms. The molecule has 0 radical (unpaired) electrons. The van der Waals surface area contributed by atoms with Crippen molar-refractivity contribution in [2.45, 2.75) is 134 Å². The number of piperazine rings is 2. The minimum absolute atomic E-state index is 0.202. The third kappa shape index (κ3) is 27.6. The molecule has 0 aromatic carbocycles. The number of carboxylic acids is 1. The Morgan fingerprint density at radius 3 is 1.43 bits per heavy atom. The zero-order valence-electron chi connectivity index (χ0n) is 31.2. The highest BCUT2D eigenvalue weighted by molar-refractivity contribution is 5.69. The molecule has 2 heterocycles. The highest BCUT2D eigenvalue weighted by Crippen LogP contribution is 2.17. The summed E-state index contributed by atoms with van der Waals surface area (Å²) in [6.45, 7) is 34.6. The van der Waals surface area contributed by atoms with Crippen LogP contribution in [0.25, 0.3) is 0 Å². The average molecular weight is 633 g/mol. The minimum atomic E-state index is -0.710. The number of carboxylic acid groups (broad SMARTS) is 1. The standard InChI is InChI=1S/C13H24N2O4.C9H18N2O2.3C4H10/c1-5-19-13(17)14-8-10(2)15(11(3)9-14)7-6-12(16)18-4;1-7-5-10-6-8(2)11(7)4-3-9(12)13;3*1-4(2)3/h10-11H,5-9H2,1-4H3;7-8,10H,3-6H2,1-2H3,(H,12,13);3*4H,1-3H3/t;7-,8+;;;. The molecule has 2 rings (SSSR count). The number of hydrogen-bond donors (Lipinski definition) is 2. The van der Waals surface area contributed by atoms with Crippen molar-refractivity contribution in [1.29, 1.82) is 0 Å². The molecule has 4 atom stereocenters. The molecule has 2 unspecified atom stereocenters. The molecule has 2 saturated heterocycles. The fourth-order valence-corrected chi connectivity index (χ4v) is 4.32. The van der Waals surface area contributed by atoms with Gasteiger partial charge >= 0.3 is 18.0 Å². The van der Waals surface area contributed by atoms with Gasteiger partial charge in [0.2, 0.25) is 0 Å². The van der Waals surface area contributed by atoms with Crippen LogP contribution in [0.15, 0.2) is 0 Å². The Bertz CT molecular complexity index is 690. The van der Waals surface area contributed by atoms with Crippen LogP contribution >= 0.6 is 0 Å². The van der Waals surface area contributed by atoms with Gasteiger partial charge < -0.3 is 24.8 Å². The molecule has 10 nitrogen and oxygen atoms in total. The molecule has 2 aliphatic rings. The van der Waals surface area contributed by atoms with Gasteiger partial charge in [0.15, 0.2) is 0 Å². The maximum atomic E-state index is 11.7. The number of rotatable bonds is 7. The maximum absolute atomic E-state index is 11.7. The average Bonchev–Trinajstić information content (AvgIpc) is 2.87. The lowest BCUT2D eigenvalue weighted by molar-refractivity contribution is -0.141. The maximum Gasteiger partial charge on any atom is 0.409 e. The van der Waals surface area contributed by atoms with Crippen molar-refractivity contribution in [3.63, 3.8) is 0 Å². The Morgan fingerprint density at radius 2 is 1.09 bits per heavy atom. The molecule has 0 aromatic heterocycles. The van der Waals surface area contributed by atoms with Gasteiger partial charge in [-0.1, -0.05) is 62.3 Å². The van der Waals surface area contributed by atoms with Gasteiger partial charge in [0.05, 0.1) is 26.6 Å². The first kappa shape index (κ1) is 46.5. The number of esters is 1. The van der Waals surface area contributed by atoms with Crippen LogP contribution in [-0.2, 0) is 19.1 Å². The number of hydrogen-bond acceptors (Lipinski definition) is 8. The second kappa shape index (κ2) is 27.4. The zero-order chi connectivity index (χ0) is 35.0. The summed E-state index contributed by atoms with van der Waals surface area (Å²) in [7, 11) is 1.40. The molecule has 0 aliphatic carbocycles. The van der Waals surface area contributed by atoms with Crippen LogP contribution in [-0.4, -0.2) is 115 Å². The molecule has 0 bridgehead atoms. The van der Waals surface area contributed by atoms with Crippen molar-refractivity contribution in [2.24, 2.45) is 17.8 Å². The molecule has 2 N–H and O–H groups in total. The summed E-state index contributed by atoms with van der Waals surface area (Å²) in [6.07, 6.45) is 0.369. The number of methoxy groups -OCH3 is 1. The van der Waals surface area contributed by atoms with Crippen LogP contribution in [0.1, 0.15) is 110 Å². The quantitative estimate of drug-likeness (QED) is 0.316. The lowest BCUT2D eigenvalue weighted by Gasteiger charge is -2.43. The Labute approximate surface area is 271 Å². The second-order valence-corrected chi connectivity index (χ2v) is 13.8. The summed E-state index contributed by atoms with van der Waals surface area (Å²) < 4.78 is 9.68. The van der Waals surface area contributed by atoms with Crippen molar-refractivity contribution >= 4 is 18.0 Å². The summed E-state index contributed by atoms with van der Waals surface area (Å²) in [6, 6.07) is 1.31. The SMILES string of the molecule is CC(C)C.CC(C)C.CC(C)C.CCOC(=O)N1CC(C)N(CCC(=O)OC)C(C)C1.C[C@@H]1CNC[C@H](C)N1CCC(=O)O. The van der Waals surface area contributed by atoms with Gasteiger partial charge in [-0.15, -0.1) is 0 Å². The fraction of sp³-hybridized carbons (Fsp3) is 0.912. The van der Waals surface area contributed by atoms with Gasteiger partial charge in [-0.05, 0) is 52.4 Å². The van der Waals surface area contributed by atoms with Gasteiger partial charge in [-0.25, -0.2) is 4.79 Å². The van der Waals surface area contributed by atoms with E-state index < -0.39 is 5.97 Å². The molecule has 0 aromatic rings. The molecule has 264 valence electrons. The second-order valence-electron chi connectivity index (χ2n) is 13.8. The minimum Gasteiger partial charge on any atom is -0.481 e. The van der Waals surface area contributed by atoms with E-state index in [-0.39, 0.29) is 30.6 Å². The van der Waals surface area contributed by atoms with Gasteiger partial charge in [0.25, 0.3) is 0 Å². The number of nitrogens with one attached hydrogen (secondary N) is 1. The molecular formula is C34H72N4O6. The monoisotopic (exact) mass is 633 g/mol. The molecular weight excluding hydrogens is 560 g/mol. The van der Waals surface area contributed by atoms with E-state index in [2.05, 4.69) is 110 Å². The Balaban J connectivity index is -0.000000576. The predicted molar refractivity (Wildman–Crippen MR) is 183 cm³/mol. The van der Waals surface area contributed by atoms with Crippen LogP contribution in [0.4, 0.5) is 4.79 Å². The summed E-state index contributed by atoms with van der Waals surface area (Å²) in [5, 5.41) is 11.9. The van der Waals surface area contributed by atoms with Crippen molar-refractivity contribution in [3.8, 4) is 0 Å². The van der Waals surface area contributed by atoms with Gasteiger partial charge in [-0.2, -0.15) is 0 Å². The Kier molecular flexibility index (Phi) is 29.0. The first-order valence-electron chi connectivity index (χ1n) is 16.7. The summed E-state index contributed by atoms with van der Waals surface area (Å²) in [4.78, 5) is 39.5. The molecule has 2 aliphatic heterocycles. The summed E-state index contributed by atoms with van der Waals surface area (Å²) >= 11 is 0. The molecule has 1 amide bonds. The van der Waals surface area contributed by atoms with Crippen LogP contribution in [0.2, 0.25) is 0 Å². The zero-order valence-corrected chi connectivity index (χ0v) is 31.2. The van der Waals surface area contributed by atoms with Gasteiger partial charge in [-0.3, -0.25) is 19.4 Å². The lowest BCUT2D eigenvalue weighted by atomic mass is 10.1. The van der Waals surface area contributed by atoms with Crippen LogP contribution in [0, 0.1) is 17.8 Å². The van der Waals surface area contributed by atoms with Crippen molar-refractivity contribution in [3.05, 3.63) is 0 Å². The highest BCUT2D eigenvalue weighted by atomic mass is 16.6. The third-order valence-corrected chi connectivity index (χ3v) is 6.03. The summed E-state index contributed by atoms with van der Waals surface area (Å²) in [5.74, 6) is 1.59. The largest absolute Gasteiger partial charge is 0.481 e. The Hall–Kier alpha value is -1.91. The molecule has 0 spiro atoms. The highest BCUT2D eigenvalue weighted by Gasteiger charge is 2.32. The summed E-state index contributed by atoms with van der Waals surface area (Å²) in [5.41, 5.74) is 0. The van der Waals surface area contributed by atoms with Crippen molar-refractivity contribution < 1.29 is 29.0 Å². The number of carbonyl (C=O) groups is 3. The van der Waals surface area contributed by atoms with Gasteiger partial charge in [0.1, 0.15) is 0 Å². The van der Waals surface area contributed by atoms with E-state index in [1.165, 1.54) is 7.11 Å². The van der Waals surface area contributed by atoms with E-state index in [1.54, 1.807) is 11.8 Å². The molecule has 2 fully saturated rings. The van der Waals surface area contributed by atoms with Crippen LogP contribution < -0.4 is 5.32 Å². The first-order valence-corrected chi connectivity index (χ1v) is 16.7. The number of carbonyl (C=O) groups excluding carboxylic acids is 2. The predicted octanol–water partition coefficient (Wildman–Crippen LogP) is 6.23. The van der Waals surface area contributed by atoms with E-state index in [0.717, 1.165) is 30.8 Å². The smallest absolute Gasteiger partial charge is 0.409 e. The number of amides is 1. The lowest BCUT2D eigenvalue weighted by Crippen LogP contribution is -2.58. The van der Waals surface area contributed by atoms with Crippen LogP contribution in [0.3, 0.4) is 0 Å². The fourth-order valence-electron chi connectivity index (χ4n) is 4.32. The van der Waals surface area contributed by atoms with Gasteiger partial charge in [0, 0.05) is 63.4 Å². The van der Waals surface area contributed by atoms with Crippen molar-refractivity contribution in [2.75, 3.05) is 53.0 Å². The first-order chi connectivity index (χ1) is 20.3. The topological polar surface area (TPSA) is 112 Å².